The zero-order valence-corrected chi connectivity index (χ0v) is 15.9. The Kier molecular flexibility index (Phi) is 6.26. The van der Waals surface area contributed by atoms with E-state index in [0.717, 1.165) is 0 Å². The van der Waals surface area contributed by atoms with Gasteiger partial charge in [-0.05, 0) is 12.1 Å². The van der Waals surface area contributed by atoms with E-state index in [-0.39, 0.29) is 41.2 Å². The number of methoxy groups -OCH3 is 1. The molecule has 0 aromatic heterocycles. The Morgan fingerprint density at radius 3 is 2.62 bits per heavy atom. The minimum atomic E-state index is -0.568. The summed E-state index contributed by atoms with van der Waals surface area (Å²) in [7, 11) is 4.83. The second kappa shape index (κ2) is 8.23. The van der Waals surface area contributed by atoms with E-state index >= 15 is 0 Å². The van der Waals surface area contributed by atoms with Crippen LogP contribution in [0.25, 0.3) is 0 Å². The van der Waals surface area contributed by atoms with Crippen LogP contribution in [0.15, 0.2) is 23.9 Å². The lowest BCUT2D eigenvalue weighted by molar-refractivity contribution is -0.142. The molecule has 0 bridgehead atoms. The van der Waals surface area contributed by atoms with E-state index in [1.807, 2.05) is 0 Å². The van der Waals surface area contributed by atoms with Gasteiger partial charge in [-0.15, -0.1) is 0 Å². The zero-order valence-electron chi connectivity index (χ0n) is 15.2. The molecule has 0 saturated carbocycles. The van der Waals surface area contributed by atoms with Crippen LogP contribution in [0.2, 0.25) is 5.02 Å². The summed E-state index contributed by atoms with van der Waals surface area (Å²) in [5.41, 5.74) is 1.07. The molecule has 1 heterocycles. The van der Waals surface area contributed by atoms with Gasteiger partial charge in [0.15, 0.2) is 12.4 Å². The van der Waals surface area contributed by atoms with Crippen LogP contribution in [0.4, 0.5) is 5.69 Å². The van der Waals surface area contributed by atoms with Crippen molar-refractivity contribution in [3.05, 3.63) is 34.5 Å². The molecule has 1 aromatic rings. The Bertz CT molecular complexity index is 773. The van der Waals surface area contributed by atoms with Crippen LogP contribution in [-0.4, -0.2) is 56.9 Å². The summed E-state index contributed by atoms with van der Waals surface area (Å²) in [6.45, 7) is 1.60. The maximum atomic E-state index is 12.9. The number of ketones is 1. The SMILES string of the molecule is CCC(=O)N1CC(=CN(C)C)C(=O)c2c1ccc(OCC(=O)OC)c2Cl. The molecule has 1 amide bonds. The summed E-state index contributed by atoms with van der Waals surface area (Å²) in [5, 5.41) is 0.0645. The number of ether oxygens (including phenoxy) is 2. The highest BCUT2D eigenvalue weighted by Crippen LogP contribution is 2.40. The summed E-state index contributed by atoms with van der Waals surface area (Å²) in [6, 6.07) is 3.14. The van der Waals surface area contributed by atoms with Crippen molar-refractivity contribution in [3.63, 3.8) is 0 Å². The summed E-state index contributed by atoms with van der Waals surface area (Å²) in [6.07, 6.45) is 1.96. The molecular weight excluding hydrogens is 360 g/mol. The van der Waals surface area contributed by atoms with Gasteiger partial charge in [0.25, 0.3) is 0 Å². The normalized spacial score (nSPS) is 14.9. The number of esters is 1. The van der Waals surface area contributed by atoms with E-state index in [1.54, 1.807) is 38.2 Å². The van der Waals surface area contributed by atoms with Crippen molar-refractivity contribution in [2.45, 2.75) is 13.3 Å². The number of benzene rings is 1. The number of hydrogen-bond donors (Lipinski definition) is 0. The first-order valence-corrected chi connectivity index (χ1v) is 8.42. The predicted molar refractivity (Wildman–Crippen MR) is 97.7 cm³/mol. The second-order valence-corrected chi connectivity index (χ2v) is 6.30. The fraction of sp³-hybridized carbons (Fsp3) is 0.389. The van der Waals surface area contributed by atoms with E-state index in [1.165, 1.54) is 18.1 Å². The lowest BCUT2D eigenvalue weighted by Gasteiger charge is -2.31. The van der Waals surface area contributed by atoms with E-state index in [0.29, 0.717) is 17.7 Å². The van der Waals surface area contributed by atoms with Gasteiger partial charge < -0.3 is 19.3 Å². The molecule has 0 atom stereocenters. The number of Topliss-reactive ketones (excluding diaryl/α,β-unsaturated/α-hetero) is 1. The molecular formula is C18H21ClN2O5. The lowest BCUT2D eigenvalue weighted by Crippen LogP contribution is -2.39. The monoisotopic (exact) mass is 380 g/mol. The molecule has 0 fully saturated rings. The first kappa shape index (κ1) is 19.8. The van der Waals surface area contributed by atoms with Gasteiger partial charge in [-0.25, -0.2) is 4.79 Å². The topological polar surface area (TPSA) is 76.2 Å². The van der Waals surface area contributed by atoms with Gasteiger partial charge >= 0.3 is 5.97 Å². The highest BCUT2D eigenvalue weighted by Gasteiger charge is 2.33. The number of amides is 1. The average molecular weight is 381 g/mol. The largest absolute Gasteiger partial charge is 0.480 e. The molecule has 1 aliphatic heterocycles. The highest BCUT2D eigenvalue weighted by molar-refractivity contribution is 6.38. The molecule has 0 unspecified atom stereocenters. The van der Waals surface area contributed by atoms with Crippen molar-refractivity contribution in [2.75, 3.05) is 39.3 Å². The van der Waals surface area contributed by atoms with Crippen molar-refractivity contribution in [1.82, 2.24) is 4.90 Å². The molecule has 1 aliphatic rings. The summed E-state index contributed by atoms with van der Waals surface area (Å²) >= 11 is 6.39. The number of carbonyl (C=O) groups is 3. The van der Waals surface area contributed by atoms with Crippen molar-refractivity contribution in [2.24, 2.45) is 0 Å². The van der Waals surface area contributed by atoms with Crippen molar-refractivity contribution in [1.29, 1.82) is 0 Å². The zero-order chi connectivity index (χ0) is 19.4. The van der Waals surface area contributed by atoms with Gasteiger partial charge in [-0.1, -0.05) is 18.5 Å². The predicted octanol–water partition coefficient (Wildman–Crippen LogP) is 2.28. The quantitative estimate of drug-likeness (QED) is 0.576. The minimum Gasteiger partial charge on any atom is -0.480 e. The number of anilines is 1. The lowest BCUT2D eigenvalue weighted by atomic mass is 9.95. The molecule has 0 N–H and O–H groups in total. The summed E-state index contributed by atoms with van der Waals surface area (Å²) in [4.78, 5) is 39.8. The first-order valence-electron chi connectivity index (χ1n) is 8.04. The van der Waals surface area contributed by atoms with E-state index in [4.69, 9.17) is 16.3 Å². The molecule has 2 rings (SSSR count). The third-order valence-corrected chi connectivity index (χ3v) is 4.19. The number of hydrogen-bond acceptors (Lipinski definition) is 6. The van der Waals surface area contributed by atoms with Gasteiger partial charge in [0.05, 0.1) is 29.9 Å². The Balaban J connectivity index is 2.52. The average Bonchev–Trinajstić information content (AvgIpc) is 2.61. The minimum absolute atomic E-state index is 0.0645. The van der Waals surface area contributed by atoms with Crippen LogP contribution >= 0.6 is 11.6 Å². The maximum absolute atomic E-state index is 12.9. The fourth-order valence-corrected chi connectivity index (χ4v) is 2.91. The molecule has 0 radical (unpaired) electrons. The van der Waals surface area contributed by atoms with Crippen molar-refractivity contribution < 1.29 is 23.9 Å². The molecule has 0 saturated heterocycles. The van der Waals surface area contributed by atoms with Crippen LogP contribution < -0.4 is 9.64 Å². The highest BCUT2D eigenvalue weighted by atomic mass is 35.5. The van der Waals surface area contributed by atoms with Crippen LogP contribution in [-0.2, 0) is 14.3 Å². The second-order valence-electron chi connectivity index (χ2n) is 5.92. The van der Waals surface area contributed by atoms with Crippen LogP contribution in [0, 0.1) is 0 Å². The standard InChI is InChI=1S/C18H21ClN2O5/c1-5-14(22)21-9-11(8-20(2)3)18(24)16-12(21)6-7-13(17(16)19)26-10-15(23)25-4/h6-8H,5,9-10H2,1-4H3. The van der Waals surface area contributed by atoms with E-state index < -0.39 is 5.97 Å². The number of rotatable bonds is 5. The molecule has 140 valence electrons. The van der Waals surface area contributed by atoms with Crippen molar-refractivity contribution in [3.8, 4) is 5.75 Å². The molecule has 26 heavy (non-hydrogen) atoms. The van der Waals surface area contributed by atoms with Gasteiger partial charge in [0, 0.05) is 32.3 Å². The first-order chi connectivity index (χ1) is 12.3. The molecule has 8 heteroatoms. The Morgan fingerprint density at radius 1 is 1.35 bits per heavy atom. The molecule has 1 aromatic carbocycles. The Labute approximate surface area is 157 Å². The fourth-order valence-electron chi connectivity index (χ4n) is 2.61. The summed E-state index contributed by atoms with van der Waals surface area (Å²) in [5.74, 6) is -0.787. The molecule has 0 spiro atoms. The van der Waals surface area contributed by atoms with Gasteiger partial charge in [0.2, 0.25) is 5.91 Å². The Hall–Kier alpha value is -2.54. The van der Waals surface area contributed by atoms with Gasteiger partial charge in [-0.2, -0.15) is 0 Å². The smallest absolute Gasteiger partial charge is 0.343 e. The third-order valence-electron chi connectivity index (χ3n) is 3.81. The third kappa shape index (κ3) is 3.99. The van der Waals surface area contributed by atoms with Crippen LogP contribution in [0.3, 0.4) is 0 Å². The van der Waals surface area contributed by atoms with Gasteiger partial charge in [-0.3, -0.25) is 9.59 Å². The number of fused-ring (bicyclic) bond motifs is 1. The summed E-state index contributed by atoms with van der Waals surface area (Å²) < 4.78 is 9.88. The maximum Gasteiger partial charge on any atom is 0.343 e. The number of halogens is 1. The van der Waals surface area contributed by atoms with E-state index in [9.17, 15) is 14.4 Å². The number of nitrogens with zero attached hydrogens (tertiary/aromatic N) is 2. The Morgan fingerprint density at radius 2 is 2.04 bits per heavy atom. The molecule has 7 nitrogen and oxygen atoms in total. The van der Waals surface area contributed by atoms with Gasteiger partial charge in [0.1, 0.15) is 5.75 Å². The van der Waals surface area contributed by atoms with Crippen LogP contribution in [0.1, 0.15) is 23.7 Å². The number of carbonyl (C=O) groups excluding carboxylic acids is 3. The van der Waals surface area contributed by atoms with E-state index in [2.05, 4.69) is 4.74 Å². The van der Waals surface area contributed by atoms with Crippen LogP contribution in [0.5, 0.6) is 5.75 Å². The van der Waals surface area contributed by atoms with Crippen molar-refractivity contribution >= 4 is 34.9 Å². The molecule has 0 aliphatic carbocycles.